The van der Waals surface area contributed by atoms with Gasteiger partial charge < -0.3 is 14.8 Å². The SMILES string of the molecule is CC(C)(C)OC(=O)N[C@@]1(C=O)C[C@H]1S(C)(=O)=O. The molecule has 7 heteroatoms. The van der Waals surface area contributed by atoms with Crippen molar-refractivity contribution in [2.45, 2.75) is 43.6 Å². The van der Waals surface area contributed by atoms with Gasteiger partial charge in [0.1, 0.15) is 17.4 Å². The van der Waals surface area contributed by atoms with Crippen molar-refractivity contribution in [2.24, 2.45) is 0 Å². The summed E-state index contributed by atoms with van der Waals surface area (Å²) < 4.78 is 27.5. The predicted octanol–water partition coefficient (Wildman–Crippen LogP) is 0.266. The average molecular weight is 263 g/mol. The molecule has 0 heterocycles. The Labute approximate surface area is 101 Å². The van der Waals surface area contributed by atoms with Gasteiger partial charge >= 0.3 is 6.09 Å². The highest BCUT2D eigenvalue weighted by Crippen LogP contribution is 2.40. The van der Waals surface area contributed by atoms with E-state index in [4.69, 9.17) is 4.74 Å². The molecular formula is C10H17NO5S. The van der Waals surface area contributed by atoms with Crippen molar-refractivity contribution >= 4 is 22.2 Å². The third kappa shape index (κ3) is 3.42. The molecule has 98 valence electrons. The first-order valence-corrected chi connectivity index (χ1v) is 7.12. The Morgan fingerprint density at radius 3 is 2.29 bits per heavy atom. The van der Waals surface area contributed by atoms with Gasteiger partial charge in [0.15, 0.2) is 9.84 Å². The third-order valence-electron chi connectivity index (χ3n) is 2.40. The Morgan fingerprint density at radius 1 is 1.47 bits per heavy atom. The first kappa shape index (κ1) is 14.0. The Hall–Kier alpha value is -1.11. The van der Waals surface area contributed by atoms with E-state index in [1.54, 1.807) is 20.8 Å². The van der Waals surface area contributed by atoms with Gasteiger partial charge in [0.25, 0.3) is 0 Å². The molecule has 1 rings (SSSR count). The average Bonchev–Trinajstić information content (AvgIpc) is 2.75. The quantitative estimate of drug-likeness (QED) is 0.738. The molecule has 1 N–H and O–H groups in total. The van der Waals surface area contributed by atoms with Crippen LogP contribution in [0.15, 0.2) is 0 Å². The van der Waals surface area contributed by atoms with Crippen LogP contribution in [0.4, 0.5) is 4.79 Å². The number of carbonyl (C=O) groups is 2. The summed E-state index contributed by atoms with van der Waals surface area (Å²) in [6.07, 6.45) is 0.826. The topological polar surface area (TPSA) is 89.5 Å². The van der Waals surface area contributed by atoms with Crippen LogP contribution in [0, 0.1) is 0 Å². The van der Waals surface area contributed by atoms with Gasteiger partial charge in [-0.25, -0.2) is 13.2 Å². The minimum Gasteiger partial charge on any atom is -0.444 e. The summed E-state index contributed by atoms with van der Waals surface area (Å²) in [4.78, 5) is 22.4. The summed E-state index contributed by atoms with van der Waals surface area (Å²) in [5.74, 6) is 0. The summed E-state index contributed by atoms with van der Waals surface area (Å²) in [5.41, 5.74) is -2.00. The van der Waals surface area contributed by atoms with Crippen LogP contribution in [0.2, 0.25) is 0 Å². The highest BCUT2D eigenvalue weighted by molar-refractivity contribution is 7.91. The van der Waals surface area contributed by atoms with Crippen LogP contribution in [0.5, 0.6) is 0 Å². The van der Waals surface area contributed by atoms with Gasteiger partial charge in [-0.3, -0.25) is 0 Å². The molecule has 0 bridgehead atoms. The molecule has 1 fully saturated rings. The lowest BCUT2D eigenvalue weighted by atomic mass is 10.2. The molecule has 0 aromatic carbocycles. The van der Waals surface area contributed by atoms with Gasteiger partial charge in [0, 0.05) is 6.26 Å². The molecule has 2 atom stereocenters. The number of aldehydes is 1. The second-order valence-electron chi connectivity index (χ2n) is 5.31. The maximum Gasteiger partial charge on any atom is 0.408 e. The Bertz CT molecular complexity index is 436. The number of carbonyl (C=O) groups excluding carboxylic acids is 2. The maximum atomic E-state index is 11.5. The number of nitrogens with one attached hydrogen (secondary N) is 1. The molecule has 0 spiro atoms. The molecule has 0 saturated heterocycles. The molecule has 0 radical (unpaired) electrons. The van der Waals surface area contributed by atoms with Crippen LogP contribution < -0.4 is 5.32 Å². The van der Waals surface area contributed by atoms with E-state index in [2.05, 4.69) is 5.32 Å². The lowest BCUT2D eigenvalue weighted by Gasteiger charge is -2.21. The number of ether oxygens (including phenoxy) is 1. The lowest BCUT2D eigenvalue weighted by molar-refractivity contribution is -0.110. The van der Waals surface area contributed by atoms with Gasteiger partial charge in [-0.05, 0) is 27.2 Å². The lowest BCUT2D eigenvalue weighted by Crippen LogP contribution is -2.44. The van der Waals surface area contributed by atoms with E-state index in [0.717, 1.165) is 6.26 Å². The van der Waals surface area contributed by atoms with Crippen LogP contribution in [0.25, 0.3) is 0 Å². The number of hydrogen-bond acceptors (Lipinski definition) is 5. The number of sulfone groups is 1. The van der Waals surface area contributed by atoms with Crippen LogP contribution >= 0.6 is 0 Å². The van der Waals surface area contributed by atoms with E-state index >= 15 is 0 Å². The van der Waals surface area contributed by atoms with Crippen molar-refractivity contribution in [3.05, 3.63) is 0 Å². The first-order chi connectivity index (χ1) is 7.50. The monoisotopic (exact) mass is 263 g/mol. The highest BCUT2D eigenvalue weighted by Gasteiger charge is 2.61. The fourth-order valence-electron chi connectivity index (χ4n) is 1.56. The molecule has 17 heavy (non-hydrogen) atoms. The summed E-state index contributed by atoms with van der Waals surface area (Å²) in [6, 6.07) is 0. The van der Waals surface area contributed by atoms with E-state index in [0.29, 0.717) is 6.29 Å². The molecular weight excluding hydrogens is 246 g/mol. The zero-order valence-corrected chi connectivity index (χ0v) is 11.1. The second kappa shape index (κ2) is 3.97. The molecule has 0 aromatic heterocycles. The fraction of sp³-hybridized carbons (Fsp3) is 0.800. The van der Waals surface area contributed by atoms with Crippen molar-refractivity contribution in [3.8, 4) is 0 Å². The minimum atomic E-state index is -3.34. The molecule has 1 aliphatic carbocycles. The fourth-order valence-corrected chi connectivity index (χ4v) is 3.02. The van der Waals surface area contributed by atoms with E-state index in [1.807, 2.05) is 0 Å². The van der Waals surface area contributed by atoms with Crippen LogP contribution in [0.3, 0.4) is 0 Å². The van der Waals surface area contributed by atoms with E-state index in [9.17, 15) is 18.0 Å². The zero-order valence-electron chi connectivity index (χ0n) is 10.3. The van der Waals surface area contributed by atoms with Crippen molar-refractivity contribution in [1.29, 1.82) is 0 Å². The number of alkyl carbamates (subject to hydrolysis) is 1. The summed E-state index contributed by atoms with van der Waals surface area (Å²) in [6.45, 7) is 5.04. The molecule has 0 aliphatic heterocycles. The molecule has 1 amide bonds. The Balaban J connectivity index is 2.69. The Morgan fingerprint density at radius 2 is 2.00 bits per heavy atom. The smallest absolute Gasteiger partial charge is 0.408 e. The largest absolute Gasteiger partial charge is 0.444 e. The van der Waals surface area contributed by atoms with Crippen molar-refractivity contribution in [2.75, 3.05) is 6.26 Å². The van der Waals surface area contributed by atoms with Crippen molar-refractivity contribution < 1.29 is 22.7 Å². The van der Waals surface area contributed by atoms with Crippen LogP contribution in [-0.4, -0.2) is 43.4 Å². The third-order valence-corrected chi connectivity index (χ3v) is 4.02. The highest BCUT2D eigenvalue weighted by atomic mass is 32.2. The number of hydrogen-bond donors (Lipinski definition) is 1. The van der Waals surface area contributed by atoms with Gasteiger partial charge in [-0.2, -0.15) is 0 Å². The maximum absolute atomic E-state index is 11.5. The summed E-state index contributed by atoms with van der Waals surface area (Å²) in [7, 11) is -3.34. The molecule has 0 aromatic rings. The molecule has 0 unspecified atom stereocenters. The van der Waals surface area contributed by atoms with Gasteiger partial charge in [0.2, 0.25) is 0 Å². The molecule has 1 saturated carbocycles. The molecule has 6 nitrogen and oxygen atoms in total. The van der Waals surface area contributed by atoms with Gasteiger partial charge in [-0.15, -0.1) is 0 Å². The second-order valence-corrected chi connectivity index (χ2v) is 7.54. The van der Waals surface area contributed by atoms with Crippen molar-refractivity contribution in [3.63, 3.8) is 0 Å². The Kier molecular flexibility index (Phi) is 3.26. The van der Waals surface area contributed by atoms with Crippen LogP contribution in [0.1, 0.15) is 27.2 Å². The first-order valence-electron chi connectivity index (χ1n) is 5.16. The van der Waals surface area contributed by atoms with Crippen LogP contribution in [-0.2, 0) is 19.4 Å². The summed E-state index contributed by atoms with van der Waals surface area (Å²) >= 11 is 0. The molecule has 1 aliphatic rings. The standard InChI is InChI=1S/C10H17NO5S/c1-9(2,3)16-8(13)11-10(6-12)5-7(10)17(4,14)15/h6-7H,5H2,1-4H3,(H,11,13)/t7-,10-/m1/s1. The van der Waals surface area contributed by atoms with Gasteiger partial charge in [-0.1, -0.05) is 0 Å². The summed E-state index contributed by atoms with van der Waals surface area (Å²) in [5, 5.41) is 1.47. The van der Waals surface area contributed by atoms with Gasteiger partial charge in [0.05, 0.1) is 5.25 Å². The normalized spacial score (nSPS) is 28.4. The van der Waals surface area contributed by atoms with E-state index < -0.39 is 32.3 Å². The minimum absolute atomic E-state index is 0.106. The number of rotatable bonds is 3. The number of amides is 1. The van der Waals surface area contributed by atoms with E-state index in [-0.39, 0.29) is 6.42 Å². The zero-order chi connectivity index (χ0) is 13.5. The van der Waals surface area contributed by atoms with Crippen molar-refractivity contribution in [1.82, 2.24) is 5.32 Å². The van der Waals surface area contributed by atoms with E-state index in [1.165, 1.54) is 0 Å². The predicted molar refractivity (Wildman–Crippen MR) is 61.4 cm³/mol.